The molecule has 0 bridgehead atoms. The van der Waals surface area contributed by atoms with Gasteiger partial charge in [0.15, 0.2) is 0 Å². The van der Waals surface area contributed by atoms with Crippen LogP contribution in [0.5, 0.6) is 0 Å². The molecular formula is C13H21N5S. The highest BCUT2D eigenvalue weighted by Crippen LogP contribution is 2.18. The zero-order valence-electron chi connectivity index (χ0n) is 12.0. The third kappa shape index (κ3) is 3.39. The Bertz CT molecular complexity index is 529. The van der Waals surface area contributed by atoms with Crippen LogP contribution in [0.15, 0.2) is 6.07 Å². The molecule has 0 saturated carbocycles. The van der Waals surface area contributed by atoms with Gasteiger partial charge in [0, 0.05) is 18.3 Å². The maximum atomic E-state index is 4.58. The normalized spacial score (nSPS) is 11.4. The number of aromatic nitrogens is 4. The highest BCUT2D eigenvalue weighted by molar-refractivity contribution is 7.13. The summed E-state index contributed by atoms with van der Waals surface area (Å²) in [5.41, 5.74) is 2.30. The molecule has 0 aliphatic heterocycles. The van der Waals surface area contributed by atoms with Crippen LogP contribution in [-0.2, 0) is 19.4 Å². The molecular weight excluding hydrogens is 258 g/mol. The highest BCUT2D eigenvalue weighted by atomic mass is 32.1. The molecule has 2 heterocycles. The van der Waals surface area contributed by atoms with Crippen LogP contribution >= 0.6 is 11.3 Å². The minimum Gasteiger partial charge on any atom is -0.308 e. The summed E-state index contributed by atoms with van der Waals surface area (Å²) in [4.78, 5) is 0. The third-order valence-corrected chi connectivity index (χ3v) is 3.76. The zero-order valence-corrected chi connectivity index (χ0v) is 12.8. The third-order valence-electron chi connectivity index (χ3n) is 2.86. The lowest BCUT2D eigenvalue weighted by atomic mass is 10.3. The van der Waals surface area contributed by atoms with Gasteiger partial charge in [-0.25, -0.2) is 4.68 Å². The molecule has 0 unspecified atom stereocenters. The number of rotatable bonds is 6. The Kier molecular flexibility index (Phi) is 4.66. The summed E-state index contributed by atoms with van der Waals surface area (Å²) in [6, 6.07) is 2.60. The molecule has 19 heavy (non-hydrogen) atoms. The summed E-state index contributed by atoms with van der Waals surface area (Å²) in [6.45, 7) is 9.26. The Balaban J connectivity index is 2.19. The summed E-state index contributed by atoms with van der Waals surface area (Å²) in [5, 5.41) is 18.3. The number of nitrogens with one attached hydrogen (secondary N) is 1. The van der Waals surface area contributed by atoms with Crippen molar-refractivity contribution in [2.24, 2.45) is 0 Å². The standard InChI is InChI=1S/C13H21N5S/c1-5-10-7-11(6-2)18(17-10)13-16-15-12(19-13)8-14-9(3)4/h7,9,14H,5-6,8H2,1-4H3. The maximum Gasteiger partial charge on any atom is 0.233 e. The predicted molar refractivity (Wildman–Crippen MR) is 77.8 cm³/mol. The molecule has 0 saturated heterocycles. The van der Waals surface area contributed by atoms with Crippen LogP contribution in [0.3, 0.4) is 0 Å². The van der Waals surface area contributed by atoms with Gasteiger partial charge >= 0.3 is 0 Å². The van der Waals surface area contributed by atoms with E-state index in [4.69, 9.17) is 0 Å². The minimum atomic E-state index is 0.454. The van der Waals surface area contributed by atoms with E-state index < -0.39 is 0 Å². The summed E-state index contributed by atoms with van der Waals surface area (Å²) < 4.78 is 1.93. The first-order valence-corrected chi connectivity index (χ1v) is 7.59. The van der Waals surface area contributed by atoms with E-state index in [1.807, 2.05) is 4.68 Å². The smallest absolute Gasteiger partial charge is 0.233 e. The van der Waals surface area contributed by atoms with Crippen LogP contribution in [-0.4, -0.2) is 26.0 Å². The van der Waals surface area contributed by atoms with E-state index in [1.54, 1.807) is 11.3 Å². The second-order valence-electron chi connectivity index (χ2n) is 4.76. The molecule has 0 radical (unpaired) electrons. The summed E-state index contributed by atoms with van der Waals surface area (Å²) in [7, 11) is 0. The van der Waals surface area contributed by atoms with Crippen molar-refractivity contribution in [1.29, 1.82) is 0 Å². The molecule has 1 N–H and O–H groups in total. The van der Waals surface area contributed by atoms with E-state index in [0.717, 1.165) is 35.2 Å². The van der Waals surface area contributed by atoms with Crippen LogP contribution in [0.4, 0.5) is 0 Å². The van der Waals surface area contributed by atoms with Crippen molar-refractivity contribution in [3.63, 3.8) is 0 Å². The van der Waals surface area contributed by atoms with Crippen molar-refractivity contribution < 1.29 is 0 Å². The lowest BCUT2D eigenvalue weighted by Gasteiger charge is -2.03. The van der Waals surface area contributed by atoms with Gasteiger partial charge in [0.2, 0.25) is 5.13 Å². The first-order valence-electron chi connectivity index (χ1n) is 6.78. The summed E-state index contributed by atoms with van der Waals surface area (Å²) in [6.07, 6.45) is 1.90. The molecule has 2 aromatic heterocycles. The van der Waals surface area contributed by atoms with Crippen LogP contribution in [0.25, 0.3) is 5.13 Å². The summed E-state index contributed by atoms with van der Waals surface area (Å²) in [5.74, 6) is 0. The largest absolute Gasteiger partial charge is 0.308 e. The van der Waals surface area contributed by atoms with Crippen molar-refractivity contribution in [2.45, 2.75) is 53.1 Å². The van der Waals surface area contributed by atoms with Crippen molar-refractivity contribution in [1.82, 2.24) is 25.3 Å². The predicted octanol–water partition coefficient (Wildman–Crippen LogP) is 2.35. The first-order chi connectivity index (χ1) is 9.13. The van der Waals surface area contributed by atoms with Gasteiger partial charge in [0.25, 0.3) is 0 Å². The van der Waals surface area contributed by atoms with Gasteiger partial charge < -0.3 is 5.32 Å². The van der Waals surface area contributed by atoms with Crippen molar-refractivity contribution in [3.8, 4) is 5.13 Å². The van der Waals surface area contributed by atoms with Crippen LogP contribution in [0, 0.1) is 0 Å². The average molecular weight is 279 g/mol. The fourth-order valence-electron chi connectivity index (χ4n) is 1.76. The van der Waals surface area contributed by atoms with Gasteiger partial charge in [-0.1, -0.05) is 39.0 Å². The monoisotopic (exact) mass is 279 g/mol. The van der Waals surface area contributed by atoms with Gasteiger partial charge in [0.05, 0.1) is 5.69 Å². The molecule has 104 valence electrons. The molecule has 0 atom stereocenters. The lowest BCUT2D eigenvalue weighted by molar-refractivity contribution is 0.584. The lowest BCUT2D eigenvalue weighted by Crippen LogP contribution is -2.21. The maximum absolute atomic E-state index is 4.58. The number of nitrogens with zero attached hydrogens (tertiary/aromatic N) is 4. The van der Waals surface area contributed by atoms with Crippen molar-refractivity contribution >= 4 is 11.3 Å². The fourth-order valence-corrected chi connectivity index (χ4v) is 2.53. The Hall–Kier alpha value is -1.27. The van der Waals surface area contributed by atoms with Crippen molar-refractivity contribution in [2.75, 3.05) is 0 Å². The van der Waals surface area contributed by atoms with E-state index in [1.165, 1.54) is 5.69 Å². The Morgan fingerprint density at radius 1 is 1.26 bits per heavy atom. The molecule has 6 heteroatoms. The molecule has 2 rings (SSSR count). The molecule has 0 aliphatic carbocycles. The molecule has 0 spiro atoms. The van der Waals surface area contributed by atoms with Crippen LogP contribution < -0.4 is 5.32 Å². The molecule has 0 amide bonds. The fraction of sp³-hybridized carbons (Fsp3) is 0.615. The molecule has 5 nitrogen and oxygen atoms in total. The SMILES string of the molecule is CCc1cc(CC)n(-c2nnc(CNC(C)C)s2)n1. The number of hydrogen-bond donors (Lipinski definition) is 1. The van der Waals surface area contributed by atoms with E-state index in [2.05, 4.69) is 54.4 Å². The Labute approximate surface area is 118 Å². The second-order valence-corrected chi connectivity index (χ2v) is 5.80. The van der Waals surface area contributed by atoms with E-state index >= 15 is 0 Å². The van der Waals surface area contributed by atoms with E-state index in [0.29, 0.717) is 6.04 Å². The zero-order chi connectivity index (χ0) is 13.8. The van der Waals surface area contributed by atoms with Crippen LogP contribution in [0.2, 0.25) is 0 Å². The average Bonchev–Trinajstić information content (AvgIpc) is 3.02. The number of hydrogen-bond acceptors (Lipinski definition) is 5. The number of aryl methyl sites for hydroxylation is 2. The Morgan fingerprint density at radius 3 is 2.68 bits per heavy atom. The molecule has 0 fully saturated rings. The molecule has 2 aromatic rings. The quantitative estimate of drug-likeness (QED) is 0.882. The second kappa shape index (κ2) is 6.25. The van der Waals surface area contributed by atoms with Gasteiger partial charge in [0.1, 0.15) is 5.01 Å². The molecule has 0 aromatic carbocycles. The van der Waals surface area contributed by atoms with Crippen molar-refractivity contribution in [3.05, 3.63) is 22.5 Å². The van der Waals surface area contributed by atoms with E-state index in [-0.39, 0.29) is 0 Å². The van der Waals surface area contributed by atoms with Gasteiger partial charge in [-0.3, -0.25) is 0 Å². The Morgan fingerprint density at radius 2 is 2.05 bits per heavy atom. The van der Waals surface area contributed by atoms with Gasteiger partial charge in [-0.05, 0) is 18.9 Å². The topological polar surface area (TPSA) is 55.6 Å². The minimum absolute atomic E-state index is 0.454. The molecule has 0 aliphatic rings. The first kappa shape index (κ1) is 14.1. The van der Waals surface area contributed by atoms with Crippen LogP contribution in [0.1, 0.15) is 44.1 Å². The van der Waals surface area contributed by atoms with E-state index in [9.17, 15) is 0 Å². The van der Waals surface area contributed by atoms with Gasteiger partial charge in [-0.15, -0.1) is 10.2 Å². The summed E-state index contributed by atoms with van der Waals surface area (Å²) >= 11 is 1.60. The van der Waals surface area contributed by atoms with Gasteiger partial charge in [-0.2, -0.15) is 5.10 Å². The highest BCUT2D eigenvalue weighted by Gasteiger charge is 2.12.